The molecule has 7 heteroatoms. The molecule has 0 unspecified atom stereocenters. The molecule has 0 saturated carbocycles. The Hall–Kier alpha value is -4.39. The predicted octanol–water partition coefficient (Wildman–Crippen LogP) is 5.29. The SMILES string of the molecule is Cc1cc([C@@H](C)Nc2ccccc2C(=O)O)c2oc(-c3ccn4ccnc4c3)cc(=O)c2c1. The highest BCUT2D eigenvalue weighted by atomic mass is 16.4. The minimum atomic E-state index is -1.01. The van der Waals surface area contributed by atoms with E-state index in [1.54, 1.807) is 30.5 Å². The molecular formula is C26H21N3O4. The Labute approximate surface area is 188 Å². The molecule has 0 radical (unpaired) electrons. The lowest BCUT2D eigenvalue weighted by molar-refractivity contribution is 0.0698. The molecule has 1 atom stereocenters. The number of carboxylic acid groups (broad SMARTS) is 1. The number of nitrogens with one attached hydrogen (secondary N) is 1. The molecule has 0 spiro atoms. The van der Waals surface area contributed by atoms with Crippen molar-refractivity contribution < 1.29 is 14.3 Å². The van der Waals surface area contributed by atoms with Crippen molar-refractivity contribution in [3.8, 4) is 11.3 Å². The molecule has 0 aliphatic rings. The minimum Gasteiger partial charge on any atom is -0.478 e. The van der Waals surface area contributed by atoms with Gasteiger partial charge in [-0.1, -0.05) is 18.2 Å². The molecule has 0 fully saturated rings. The van der Waals surface area contributed by atoms with Crippen LogP contribution in [0.5, 0.6) is 0 Å². The van der Waals surface area contributed by atoms with Crippen molar-refractivity contribution in [1.29, 1.82) is 0 Å². The van der Waals surface area contributed by atoms with E-state index in [2.05, 4.69) is 10.3 Å². The number of nitrogens with zero attached hydrogens (tertiary/aromatic N) is 2. The number of rotatable bonds is 5. The Kier molecular flexibility index (Phi) is 4.94. The summed E-state index contributed by atoms with van der Waals surface area (Å²) in [4.78, 5) is 29.0. The number of aromatic nitrogens is 2. The smallest absolute Gasteiger partial charge is 0.337 e. The number of fused-ring (bicyclic) bond motifs is 2. The molecule has 0 aliphatic heterocycles. The molecule has 3 heterocycles. The van der Waals surface area contributed by atoms with Crippen LogP contribution in [0.3, 0.4) is 0 Å². The van der Waals surface area contributed by atoms with Gasteiger partial charge in [-0.25, -0.2) is 9.78 Å². The number of imidazole rings is 1. The molecule has 2 N–H and O–H groups in total. The Balaban J connectivity index is 1.64. The number of anilines is 1. The third-order valence-electron chi connectivity index (χ3n) is 5.68. The number of para-hydroxylation sites is 1. The average Bonchev–Trinajstić information content (AvgIpc) is 3.27. The Morgan fingerprint density at radius 2 is 1.94 bits per heavy atom. The van der Waals surface area contributed by atoms with E-state index < -0.39 is 5.97 Å². The maximum atomic E-state index is 13.0. The van der Waals surface area contributed by atoms with Crippen LogP contribution in [-0.4, -0.2) is 20.5 Å². The zero-order valence-electron chi connectivity index (χ0n) is 18.1. The standard InChI is InChI=1S/C26H21N3O4/c1-15-11-19(16(2)28-21-6-4-3-5-18(21)26(31)32)25-20(12-15)22(30)14-23(33-25)17-7-9-29-10-8-27-24(29)13-17/h3-14,16,28H,1-2H3,(H,31,32)/t16-/m1/s1. The van der Waals surface area contributed by atoms with Gasteiger partial charge in [0.1, 0.15) is 17.0 Å². The van der Waals surface area contributed by atoms with Crippen molar-refractivity contribution in [2.24, 2.45) is 0 Å². The lowest BCUT2D eigenvalue weighted by Gasteiger charge is -2.19. The monoisotopic (exact) mass is 439 g/mol. The van der Waals surface area contributed by atoms with E-state index in [0.29, 0.717) is 22.4 Å². The Morgan fingerprint density at radius 3 is 2.76 bits per heavy atom. The van der Waals surface area contributed by atoms with Crippen LogP contribution in [0.25, 0.3) is 27.9 Å². The van der Waals surface area contributed by atoms with Gasteiger partial charge >= 0.3 is 5.97 Å². The zero-order chi connectivity index (χ0) is 23.1. The van der Waals surface area contributed by atoms with Gasteiger partial charge in [0.2, 0.25) is 0 Å². The fraction of sp³-hybridized carbons (Fsp3) is 0.115. The topological polar surface area (TPSA) is 96.8 Å². The summed E-state index contributed by atoms with van der Waals surface area (Å²) in [6.07, 6.45) is 5.42. The van der Waals surface area contributed by atoms with Crippen molar-refractivity contribution >= 4 is 28.3 Å². The molecule has 7 nitrogen and oxygen atoms in total. The number of aryl methyl sites for hydroxylation is 1. The molecule has 0 aliphatic carbocycles. The van der Waals surface area contributed by atoms with Crippen LogP contribution >= 0.6 is 0 Å². The van der Waals surface area contributed by atoms with E-state index in [1.165, 1.54) is 6.07 Å². The predicted molar refractivity (Wildman–Crippen MR) is 127 cm³/mol. The van der Waals surface area contributed by atoms with Gasteiger partial charge in [-0.2, -0.15) is 0 Å². The first-order chi connectivity index (χ1) is 15.9. The highest BCUT2D eigenvalue weighted by molar-refractivity contribution is 5.94. The summed E-state index contributed by atoms with van der Waals surface area (Å²) >= 11 is 0. The van der Waals surface area contributed by atoms with Crippen LogP contribution < -0.4 is 10.7 Å². The van der Waals surface area contributed by atoms with E-state index in [1.807, 2.05) is 54.9 Å². The summed E-state index contributed by atoms with van der Waals surface area (Å²) in [5, 5.41) is 13.3. The summed E-state index contributed by atoms with van der Waals surface area (Å²) in [6, 6.07) is 15.4. The van der Waals surface area contributed by atoms with Crippen LogP contribution in [-0.2, 0) is 0 Å². The zero-order valence-corrected chi connectivity index (χ0v) is 18.1. The summed E-state index contributed by atoms with van der Waals surface area (Å²) in [5.74, 6) is -0.566. The summed E-state index contributed by atoms with van der Waals surface area (Å²) in [6.45, 7) is 3.83. The van der Waals surface area contributed by atoms with Gasteiger partial charge in [-0.15, -0.1) is 0 Å². The van der Waals surface area contributed by atoms with Crippen molar-refractivity contribution in [3.63, 3.8) is 0 Å². The van der Waals surface area contributed by atoms with E-state index >= 15 is 0 Å². The van der Waals surface area contributed by atoms with Gasteiger partial charge in [0, 0.05) is 41.5 Å². The molecule has 5 aromatic rings. The maximum absolute atomic E-state index is 13.0. The van der Waals surface area contributed by atoms with Crippen molar-refractivity contribution in [2.45, 2.75) is 19.9 Å². The highest BCUT2D eigenvalue weighted by Gasteiger charge is 2.18. The number of benzene rings is 2. The van der Waals surface area contributed by atoms with Gasteiger partial charge < -0.3 is 19.2 Å². The fourth-order valence-corrected chi connectivity index (χ4v) is 4.07. The van der Waals surface area contributed by atoms with Gasteiger partial charge in [0.05, 0.1) is 17.0 Å². The molecule has 164 valence electrons. The largest absolute Gasteiger partial charge is 0.478 e. The van der Waals surface area contributed by atoms with Gasteiger partial charge in [0.25, 0.3) is 0 Å². The molecular weight excluding hydrogens is 418 g/mol. The average molecular weight is 439 g/mol. The first-order valence-corrected chi connectivity index (χ1v) is 10.5. The van der Waals surface area contributed by atoms with Crippen molar-refractivity contribution in [3.05, 3.63) is 100 Å². The number of pyridine rings is 1. The highest BCUT2D eigenvalue weighted by Crippen LogP contribution is 2.31. The number of hydrogen-bond donors (Lipinski definition) is 2. The number of hydrogen-bond acceptors (Lipinski definition) is 5. The second kappa shape index (κ2) is 7.94. The third kappa shape index (κ3) is 3.74. The lowest BCUT2D eigenvalue weighted by atomic mass is 10.00. The summed E-state index contributed by atoms with van der Waals surface area (Å²) < 4.78 is 8.16. The summed E-state index contributed by atoms with van der Waals surface area (Å²) in [5.41, 5.74) is 4.18. The van der Waals surface area contributed by atoms with Crippen LogP contribution in [0, 0.1) is 6.92 Å². The number of aromatic carboxylic acids is 1. The lowest BCUT2D eigenvalue weighted by Crippen LogP contribution is -2.12. The number of carbonyl (C=O) groups is 1. The van der Waals surface area contributed by atoms with Gasteiger partial charge in [-0.3, -0.25) is 4.79 Å². The van der Waals surface area contributed by atoms with Gasteiger partial charge in [-0.05, 0) is 49.7 Å². The van der Waals surface area contributed by atoms with Crippen LogP contribution in [0.15, 0.2) is 82.4 Å². The maximum Gasteiger partial charge on any atom is 0.337 e. The van der Waals surface area contributed by atoms with E-state index in [-0.39, 0.29) is 17.0 Å². The second-order valence-corrected chi connectivity index (χ2v) is 8.03. The normalized spacial score (nSPS) is 12.2. The molecule has 3 aromatic heterocycles. The molecule has 0 bridgehead atoms. The molecule has 0 amide bonds. The summed E-state index contributed by atoms with van der Waals surface area (Å²) in [7, 11) is 0. The quantitative estimate of drug-likeness (QED) is 0.386. The molecule has 5 rings (SSSR count). The van der Waals surface area contributed by atoms with Crippen LogP contribution in [0.2, 0.25) is 0 Å². The first kappa shape index (κ1) is 20.5. The van der Waals surface area contributed by atoms with Crippen molar-refractivity contribution in [2.75, 3.05) is 5.32 Å². The van der Waals surface area contributed by atoms with E-state index in [9.17, 15) is 14.7 Å². The van der Waals surface area contributed by atoms with E-state index in [4.69, 9.17) is 4.42 Å². The molecule has 2 aromatic carbocycles. The first-order valence-electron chi connectivity index (χ1n) is 10.5. The van der Waals surface area contributed by atoms with E-state index in [0.717, 1.165) is 22.3 Å². The van der Waals surface area contributed by atoms with Crippen LogP contribution in [0.4, 0.5) is 5.69 Å². The Bertz CT molecular complexity index is 1580. The third-order valence-corrected chi connectivity index (χ3v) is 5.68. The molecule has 0 saturated heterocycles. The second-order valence-electron chi connectivity index (χ2n) is 8.03. The fourth-order valence-electron chi connectivity index (χ4n) is 4.07. The number of carboxylic acids is 1. The van der Waals surface area contributed by atoms with Crippen LogP contribution in [0.1, 0.15) is 34.5 Å². The Morgan fingerprint density at radius 1 is 1.12 bits per heavy atom. The van der Waals surface area contributed by atoms with Gasteiger partial charge in [0.15, 0.2) is 5.43 Å². The molecule has 33 heavy (non-hydrogen) atoms. The van der Waals surface area contributed by atoms with Crippen molar-refractivity contribution in [1.82, 2.24) is 9.38 Å². The minimum absolute atomic E-state index is 0.141.